The zero-order valence-electron chi connectivity index (χ0n) is 4.06. The smallest absolute Gasteiger partial charge is 0.0637 e. The molecule has 0 aliphatic carbocycles. The average Bonchev–Trinajstić information content (AvgIpc) is 1.65. The molecule has 1 N–H and O–H groups in total. The Morgan fingerprint density at radius 1 is 1.71 bits per heavy atom. The maximum Gasteiger partial charge on any atom is 0.0637 e. The highest BCUT2D eigenvalue weighted by atomic mass is 127. The zero-order chi connectivity index (χ0) is 5.86. The summed E-state index contributed by atoms with van der Waals surface area (Å²) >= 11 is 4.50. The van der Waals surface area contributed by atoms with Crippen molar-refractivity contribution in [1.29, 1.82) is 0 Å². The summed E-state index contributed by atoms with van der Waals surface area (Å²) in [5.41, 5.74) is 0. The molecule has 0 saturated carbocycles. The molecule has 7 heavy (non-hydrogen) atoms. The molecule has 3 heteroatoms. The topological polar surface area (TPSA) is 20.2 Å². The summed E-state index contributed by atoms with van der Waals surface area (Å²) in [5.74, 6) is 0. The van der Waals surface area contributed by atoms with Crippen LogP contribution in [0.4, 0.5) is 0 Å². The summed E-state index contributed by atoms with van der Waals surface area (Å²) in [4.78, 5) is 0. The molecule has 0 aliphatic rings. The minimum atomic E-state index is -0.155. The first-order chi connectivity index (χ1) is 3.18. The summed E-state index contributed by atoms with van der Waals surface area (Å²) < 4.78 is 1.44. The van der Waals surface area contributed by atoms with Crippen LogP contribution in [0.3, 0.4) is 0 Å². The first kappa shape index (κ1) is 8.42. The molecule has 0 bridgehead atoms. The van der Waals surface area contributed by atoms with E-state index in [9.17, 15) is 0 Å². The van der Waals surface area contributed by atoms with Crippen molar-refractivity contribution in [3.8, 4) is 0 Å². The van der Waals surface area contributed by atoms with Crippen LogP contribution in [0.5, 0.6) is 0 Å². The van der Waals surface area contributed by atoms with E-state index in [0.29, 0.717) is 3.92 Å². The fraction of sp³-hybridized carbons (Fsp3) is 1.00. The van der Waals surface area contributed by atoms with E-state index in [2.05, 4.69) is 45.2 Å². The van der Waals surface area contributed by atoms with Crippen molar-refractivity contribution in [2.75, 3.05) is 4.43 Å². The lowest BCUT2D eigenvalue weighted by Gasteiger charge is -2.06. The molecule has 0 amide bonds. The Labute approximate surface area is 71.2 Å². The van der Waals surface area contributed by atoms with Crippen molar-refractivity contribution in [2.45, 2.75) is 17.0 Å². The highest BCUT2D eigenvalue weighted by Gasteiger charge is 2.06. The molecule has 0 saturated heterocycles. The molecule has 1 nitrogen and oxygen atoms in total. The minimum Gasteiger partial charge on any atom is -0.392 e. The average molecular weight is 326 g/mol. The first-order valence-electron chi connectivity index (χ1n) is 2.06. The summed E-state index contributed by atoms with van der Waals surface area (Å²) in [6.45, 7) is 1.82. The molecule has 0 fully saturated rings. The van der Waals surface area contributed by atoms with Crippen molar-refractivity contribution in [3.63, 3.8) is 0 Å². The summed E-state index contributed by atoms with van der Waals surface area (Å²) in [7, 11) is 0. The van der Waals surface area contributed by atoms with Crippen LogP contribution in [0, 0.1) is 0 Å². The monoisotopic (exact) mass is 326 g/mol. The molecule has 2 unspecified atom stereocenters. The fourth-order valence-corrected chi connectivity index (χ4v) is 0.865. The second-order valence-electron chi connectivity index (χ2n) is 1.41. The Morgan fingerprint density at radius 2 is 2.14 bits per heavy atom. The molecule has 2 atom stereocenters. The molecule has 0 aromatic heterocycles. The summed E-state index contributed by atoms with van der Waals surface area (Å²) in [5, 5.41) is 8.81. The van der Waals surface area contributed by atoms with Gasteiger partial charge in [0.2, 0.25) is 0 Å². The predicted molar refractivity (Wildman–Crippen MR) is 48.4 cm³/mol. The van der Waals surface area contributed by atoms with Gasteiger partial charge in [-0.15, -0.1) is 0 Å². The van der Waals surface area contributed by atoms with E-state index >= 15 is 0 Å². The minimum absolute atomic E-state index is 0.155. The van der Waals surface area contributed by atoms with E-state index < -0.39 is 0 Å². The van der Waals surface area contributed by atoms with Crippen LogP contribution in [0.15, 0.2) is 0 Å². The van der Waals surface area contributed by atoms with Gasteiger partial charge in [0.25, 0.3) is 0 Å². The predicted octanol–water partition coefficient (Wildman–Crippen LogP) is 1.61. The zero-order valence-corrected chi connectivity index (χ0v) is 8.38. The molecule has 0 rings (SSSR count). The van der Waals surface area contributed by atoms with Gasteiger partial charge in [0.1, 0.15) is 0 Å². The second kappa shape index (κ2) is 4.31. The van der Waals surface area contributed by atoms with E-state index in [1.807, 2.05) is 6.92 Å². The lowest BCUT2D eigenvalue weighted by atomic mass is 10.3. The van der Waals surface area contributed by atoms with Gasteiger partial charge < -0.3 is 5.11 Å². The van der Waals surface area contributed by atoms with E-state index in [1.54, 1.807) is 0 Å². The van der Waals surface area contributed by atoms with Gasteiger partial charge in [0.05, 0.1) is 6.10 Å². The van der Waals surface area contributed by atoms with E-state index in [0.717, 1.165) is 4.43 Å². The molecule has 0 heterocycles. The van der Waals surface area contributed by atoms with Crippen molar-refractivity contribution >= 4 is 45.2 Å². The van der Waals surface area contributed by atoms with Crippen LogP contribution in [0.1, 0.15) is 6.92 Å². The quantitative estimate of drug-likeness (QED) is 0.604. The fourth-order valence-electron chi connectivity index (χ4n) is 0.129. The molecule has 0 aliphatic heterocycles. The molecular formula is C4H8I2O. The third-order valence-electron chi connectivity index (χ3n) is 0.671. The van der Waals surface area contributed by atoms with Gasteiger partial charge in [-0.2, -0.15) is 0 Å². The normalized spacial score (nSPS) is 18.9. The van der Waals surface area contributed by atoms with Crippen LogP contribution < -0.4 is 0 Å². The second-order valence-corrected chi connectivity index (χ2v) is 3.89. The third kappa shape index (κ3) is 3.96. The Bertz CT molecular complexity index is 47.0. The highest BCUT2D eigenvalue weighted by Crippen LogP contribution is 2.08. The van der Waals surface area contributed by atoms with Gasteiger partial charge in [-0.3, -0.25) is 0 Å². The van der Waals surface area contributed by atoms with E-state index in [4.69, 9.17) is 5.11 Å². The maximum absolute atomic E-state index is 8.81. The molecule has 0 aromatic rings. The SMILES string of the molecule is CC(O)C(I)CI. The Morgan fingerprint density at radius 3 is 2.14 bits per heavy atom. The van der Waals surface area contributed by atoms with Gasteiger partial charge in [-0.1, -0.05) is 45.2 Å². The number of aliphatic hydroxyl groups is 1. The molecule has 44 valence electrons. The maximum atomic E-state index is 8.81. The van der Waals surface area contributed by atoms with Crippen molar-refractivity contribution in [3.05, 3.63) is 0 Å². The first-order valence-corrected chi connectivity index (χ1v) is 4.83. The molecular weight excluding hydrogens is 318 g/mol. The van der Waals surface area contributed by atoms with Crippen molar-refractivity contribution in [1.82, 2.24) is 0 Å². The molecule has 0 aromatic carbocycles. The Kier molecular flexibility index (Phi) is 5.19. The Balaban J connectivity index is 3.14. The van der Waals surface area contributed by atoms with Gasteiger partial charge in [0.15, 0.2) is 0 Å². The van der Waals surface area contributed by atoms with Crippen LogP contribution in [0.2, 0.25) is 0 Å². The summed E-state index contributed by atoms with van der Waals surface area (Å²) in [6.07, 6.45) is -0.155. The van der Waals surface area contributed by atoms with Crippen LogP contribution >= 0.6 is 45.2 Å². The van der Waals surface area contributed by atoms with Gasteiger partial charge in [-0.05, 0) is 6.92 Å². The number of aliphatic hydroxyl groups excluding tert-OH is 1. The van der Waals surface area contributed by atoms with E-state index in [-0.39, 0.29) is 6.10 Å². The van der Waals surface area contributed by atoms with E-state index in [1.165, 1.54) is 0 Å². The van der Waals surface area contributed by atoms with Crippen LogP contribution in [-0.4, -0.2) is 19.6 Å². The number of halogens is 2. The highest BCUT2D eigenvalue weighted by molar-refractivity contribution is 14.1. The van der Waals surface area contributed by atoms with Crippen LogP contribution in [-0.2, 0) is 0 Å². The van der Waals surface area contributed by atoms with Gasteiger partial charge >= 0.3 is 0 Å². The number of hydrogen-bond acceptors (Lipinski definition) is 1. The molecule has 0 radical (unpaired) electrons. The number of alkyl halides is 2. The van der Waals surface area contributed by atoms with Crippen molar-refractivity contribution in [2.24, 2.45) is 0 Å². The third-order valence-corrected chi connectivity index (χ3v) is 4.79. The lowest BCUT2D eigenvalue weighted by Crippen LogP contribution is -2.16. The van der Waals surface area contributed by atoms with Crippen molar-refractivity contribution < 1.29 is 5.11 Å². The number of hydrogen-bond donors (Lipinski definition) is 1. The Hall–Kier alpha value is 1.42. The van der Waals surface area contributed by atoms with Gasteiger partial charge in [-0.25, -0.2) is 0 Å². The van der Waals surface area contributed by atoms with Crippen LogP contribution in [0.25, 0.3) is 0 Å². The molecule has 0 spiro atoms. The lowest BCUT2D eigenvalue weighted by molar-refractivity contribution is 0.203. The standard InChI is InChI=1S/C4H8I2O/c1-3(7)4(6)2-5/h3-4,7H,2H2,1H3. The largest absolute Gasteiger partial charge is 0.392 e. The van der Waals surface area contributed by atoms with Gasteiger partial charge in [0, 0.05) is 8.35 Å². The summed E-state index contributed by atoms with van der Waals surface area (Å²) in [6, 6.07) is 0. The number of rotatable bonds is 2.